The molecule has 0 spiro atoms. The summed E-state index contributed by atoms with van der Waals surface area (Å²) in [4.78, 5) is 0. The highest BCUT2D eigenvalue weighted by Crippen LogP contribution is 2.24. The first-order valence-electron chi connectivity index (χ1n) is 5.05. The van der Waals surface area contributed by atoms with Gasteiger partial charge in [0.05, 0.1) is 17.2 Å². The van der Waals surface area contributed by atoms with Crippen LogP contribution in [0.4, 0.5) is 5.69 Å². The number of nitrogens with zero attached hydrogens (tertiary/aromatic N) is 2. The number of nitrogens with two attached hydrogens (primary N) is 1. The molecule has 0 bridgehead atoms. The van der Waals surface area contributed by atoms with Gasteiger partial charge in [0.1, 0.15) is 6.07 Å². The van der Waals surface area contributed by atoms with E-state index in [0.29, 0.717) is 16.8 Å². The molecule has 3 heteroatoms. The van der Waals surface area contributed by atoms with E-state index in [1.807, 2.05) is 24.3 Å². The molecule has 2 aromatic rings. The Bertz CT molecular complexity index is 645. The number of hydrogen-bond donors (Lipinski definition) is 1. The van der Waals surface area contributed by atoms with E-state index in [0.717, 1.165) is 11.1 Å². The topological polar surface area (TPSA) is 73.6 Å². The molecule has 2 aromatic carbocycles. The van der Waals surface area contributed by atoms with E-state index in [-0.39, 0.29) is 0 Å². The van der Waals surface area contributed by atoms with Crippen molar-refractivity contribution in [2.24, 2.45) is 0 Å². The van der Waals surface area contributed by atoms with Crippen molar-refractivity contribution in [3.05, 3.63) is 53.6 Å². The van der Waals surface area contributed by atoms with Gasteiger partial charge < -0.3 is 5.73 Å². The van der Waals surface area contributed by atoms with Crippen LogP contribution < -0.4 is 5.73 Å². The molecule has 0 fully saturated rings. The largest absolute Gasteiger partial charge is 0.398 e. The average Bonchev–Trinajstić information content (AvgIpc) is 2.39. The zero-order valence-electron chi connectivity index (χ0n) is 9.01. The van der Waals surface area contributed by atoms with E-state index in [1.54, 1.807) is 24.3 Å². The predicted octanol–water partition coefficient (Wildman–Crippen LogP) is 2.68. The zero-order chi connectivity index (χ0) is 12.3. The van der Waals surface area contributed by atoms with Gasteiger partial charge in [-0.2, -0.15) is 10.5 Å². The maximum absolute atomic E-state index is 8.91. The number of nitrogen functional groups attached to an aromatic ring is 1. The molecule has 0 aromatic heterocycles. The zero-order valence-corrected chi connectivity index (χ0v) is 9.01. The van der Waals surface area contributed by atoms with Crippen LogP contribution in [-0.2, 0) is 0 Å². The van der Waals surface area contributed by atoms with Crippen molar-refractivity contribution in [3.8, 4) is 23.3 Å². The summed E-state index contributed by atoms with van der Waals surface area (Å²) in [5.74, 6) is 0. The Hall–Kier alpha value is -2.78. The highest BCUT2D eigenvalue weighted by Gasteiger charge is 2.03. The standard InChI is InChI=1S/C14H9N3/c15-8-10-2-1-3-11(6-10)12-4-5-14(17)13(7-12)9-16/h1-7H,17H2. The molecule has 0 aliphatic rings. The maximum atomic E-state index is 8.91. The SMILES string of the molecule is N#Cc1cccc(-c2ccc(N)c(C#N)c2)c1. The smallest absolute Gasteiger partial charge is 0.101 e. The van der Waals surface area contributed by atoms with Crippen molar-refractivity contribution in [3.63, 3.8) is 0 Å². The third kappa shape index (κ3) is 2.09. The second-order valence-electron chi connectivity index (χ2n) is 3.61. The molecule has 0 saturated heterocycles. The molecule has 0 saturated carbocycles. The van der Waals surface area contributed by atoms with Gasteiger partial charge in [0, 0.05) is 5.69 Å². The molecule has 2 rings (SSSR count). The summed E-state index contributed by atoms with van der Waals surface area (Å²) in [6.45, 7) is 0. The maximum Gasteiger partial charge on any atom is 0.101 e. The quantitative estimate of drug-likeness (QED) is 0.749. The average molecular weight is 219 g/mol. The van der Waals surface area contributed by atoms with Crippen molar-refractivity contribution < 1.29 is 0 Å². The molecule has 0 heterocycles. The lowest BCUT2D eigenvalue weighted by molar-refractivity contribution is 1.47. The third-order valence-electron chi connectivity index (χ3n) is 2.50. The van der Waals surface area contributed by atoms with E-state index in [1.165, 1.54) is 0 Å². The minimum atomic E-state index is 0.449. The summed E-state index contributed by atoms with van der Waals surface area (Å²) in [6.07, 6.45) is 0. The molecule has 0 aliphatic carbocycles. The number of nitriles is 2. The van der Waals surface area contributed by atoms with E-state index >= 15 is 0 Å². The number of rotatable bonds is 1. The molecule has 17 heavy (non-hydrogen) atoms. The first kappa shape index (κ1) is 10.7. The lowest BCUT2D eigenvalue weighted by Crippen LogP contribution is -1.90. The molecular formula is C14H9N3. The van der Waals surface area contributed by atoms with Gasteiger partial charge in [-0.25, -0.2) is 0 Å². The van der Waals surface area contributed by atoms with Gasteiger partial charge in [0.25, 0.3) is 0 Å². The number of hydrogen-bond acceptors (Lipinski definition) is 3. The summed E-state index contributed by atoms with van der Waals surface area (Å²) in [5, 5.41) is 17.7. The Morgan fingerprint density at radius 1 is 0.882 bits per heavy atom. The molecule has 0 atom stereocenters. The van der Waals surface area contributed by atoms with Gasteiger partial charge in [-0.15, -0.1) is 0 Å². The highest BCUT2D eigenvalue weighted by atomic mass is 14.6. The van der Waals surface area contributed by atoms with Crippen molar-refractivity contribution in [2.45, 2.75) is 0 Å². The molecule has 0 amide bonds. The molecule has 0 aliphatic heterocycles. The molecular weight excluding hydrogens is 210 g/mol. The van der Waals surface area contributed by atoms with Gasteiger partial charge in [-0.1, -0.05) is 18.2 Å². The summed E-state index contributed by atoms with van der Waals surface area (Å²) < 4.78 is 0. The van der Waals surface area contributed by atoms with Crippen LogP contribution in [-0.4, -0.2) is 0 Å². The van der Waals surface area contributed by atoms with Crippen LogP contribution in [0.25, 0.3) is 11.1 Å². The molecule has 80 valence electrons. The predicted molar refractivity (Wildman–Crippen MR) is 65.7 cm³/mol. The minimum absolute atomic E-state index is 0.449. The monoisotopic (exact) mass is 219 g/mol. The van der Waals surface area contributed by atoms with E-state index in [4.69, 9.17) is 16.3 Å². The Morgan fingerprint density at radius 2 is 1.65 bits per heavy atom. The van der Waals surface area contributed by atoms with Crippen molar-refractivity contribution >= 4 is 5.69 Å². The van der Waals surface area contributed by atoms with Crippen molar-refractivity contribution in [1.82, 2.24) is 0 Å². The van der Waals surface area contributed by atoms with Crippen molar-refractivity contribution in [1.29, 1.82) is 10.5 Å². The molecule has 2 N–H and O–H groups in total. The summed E-state index contributed by atoms with van der Waals surface area (Å²) in [5.41, 5.74) is 8.95. The fourth-order valence-corrected chi connectivity index (χ4v) is 1.60. The van der Waals surface area contributed by atoms with E-state index in [2.05, 4.69) is 6.07 Å². The summed E-state index contributed by atoms with van der Waals surface area (Å²) in [7, 11) is 0. The normalized spacial score (nSPS) is 9.29. The number of anilines is 1. The van der Waals surface area contributed by atoms with E-state index in [9.17, 15) is 0 Å². The third-order valence-corrected chi connectivity index (χ3v) is 2.50. The first-order valence-corrected chi connectivity index (χ1v) is 5.05. The minimum Gasteiger partial charge on any atom is -0.398 e. The fourth-order valence-electron chi connectivity index (χ4n) is 1.60. The second kappa shape index (κ2) is 4.38. The summed E-state index contributed by atoms with van der Waals surface area (Å²) >= 11 is 0. The summed E-state index contributed by atoms with van der Waals surface area (Å²) in [6, 6.07) is 16.6. The van der Waals surface area contributed by atoms with Crippen LogP contribution in [0.2, 0.25) is 0 Å². The van der Waals surface area contributed by atoms with Crippen LogP contribution in [0.1, 0.15) is 11.1 Å². The lowest BCUT2D eigenvalue weighted by Gasteiger charge is -2.04. The van der Waals surface area contributed by atoms with Crippen LogP contribution in [0.15, 0.2) is 42.5 Å². The van der Waals surface area contributed by atoms with Crippen LogP contribution in [0, 0.1) is 22.7 Å². The lowest BCUT2D eigenvalue weighted by atomic mass is 10.0. The van der Waals surface area contributed by atoms with Crippen LogP contribution in [0.5, 0.6) is 0 Å². The fraction of sp³-hybridized carbons (Fsp3) is 0. The van der Waals surface area contributed by atoms with Crippen molar-refractivity contribution in [2.75, 3.05) is 5.73 Å². The van der Waals surface area contributed by atoms with Gasteiger partial charge in [0.15, 0.2) is 0 Å². The first-order chi connectivity index (χ1) is 8.24. The Kier molecular flexibility index (Phi) is 2.77. The molecule has 3 nitrogen and oxygen atoms in total. The Labute approximate surface area is 99.3 Å². The Morgan fingerprint density at radius 3 is 2.35 bits per heavy atom. The van der Waals surface area contributed by atoms with Gasteiger partial charge >= 0.3 is 0 Å². The van der Waals surface area contributed by atoms with E-state index < -0.39 is 0 Å². The molecule has 0 radical (unpaired) electrons. The van der Waals surface area contributed by atoms with Crippen LogP contribution >= 0.6 is 0 Å². The molecule has 0 unspecified atom stereocenters. The number of benzene rings is 2. The van der Waals surface area contributed by atoms with Crippen LogP contribution in [0.3, 0.4) is 0 Å². The second-order valence-corrected chi connectivity index (χ2v) is 3.61. The van der Waals surface area contributed by atoms with Gasteiger partial charge in [-0.05, 0) is 35.4 Å². The highest BCUT2D eigenvalue weighted by molar-refractivity contribution is 5.70. The van der Waals surface area contributed by atoms with Gasteiger partial charge in [-0.3, -0.25) is 0 Å². The van der Waals surface area contributed by atoms with Gasteiger partial charge in [0.2, 0.25) is 0 Å². The Balaban J connectivity index is 2.54.